The third-order valence-electron chi connectivity index (χ3n) is 2.98. The summed E-state index contributed by atoms with van der Waals surface area (Å²) < 4.78 is 0. The summed E-state index contributed by atoms with van der Waals surface area (Å²) in [4.78, 5) is 2.14. The third kappa shape index (κ3) is 2.01. The van der Waals surface area contributed by atoms with Gasteiger partial charge in [0.15, 0.2) is 0 Å². The summed E-state index contributed by atoms with van der Waals surface area (Å²) in [6, 6.07) is 12.7. The molecule has 78 valence electrons. The maximum absolute atomic E-state index is 9.21. The fourth-order valence-electron chi connectivity index (χ4n) is 1.81. The van der Waals surface area contributed by atoms with Crippen LogP contribution in [0.5, 0.6) is 0 Å². The van der Waals surface area contributed by atoms with E-state index in [1.165, 1.54) is 0 Å². The number of rotatable bonds is 3. The topological polar surface area (TPSA) is 39.1 Å². The Bertz CT molecular complexity index is 351. The van der Waals surface area contributed by atoms with Crippen molar-refractivity contribution < 1.29 is 0 Å². The van der Waals surface area contributed by atoms with Gasteiger partial charge in [-0.15, -0.1) is 0 Å². The van der Waals surface area contributed by atoms with Gasteiger partial charge in [-0.05, 0) is 12.6 Å². The summed E-state index contributed by atoms with van der Waals surface area (Å²) in [5.41, 5.74) is 1.08. The Morgan fingerprint density at radius 2 is 2.07 bits per heavy atom. The van der Waals surface area contributed by atoms with Crippen molar-refractivity contribution in [1.82, 2.24) is 10.2 Å². The molecule has 0 radical (unpaired) electrons. The molecular formula is C12H15N3. The highest BCUT2D eigenvalue weighted by Crippen LogP contribution is 2.21. The highest BCUT2D eigenvalue weighted by molar-refractivity contribution is 5.24. The van der Waals surface area contributed by atoms with Gasteiger partial charge < -0.3 is 5.32 Å². The summed E-state index contributed by atoms with van der Waals surface area (Å²) in [6.07, 6.45) is 0. The van der Waals surface area contributed by atoms with Gasteiger partial charge in [0.2, 0.25) is 0 Å². The zero-order valence-electron chi connectivity index (χ0n) is 8.85. The van der Waals surface area contributed by atoms with Crippen molar-refractivity contribution >= 4 is 0 Å². The van der Waals surface area contributed by atoms with Crippen LogP contribution in [0, 0.1) is 11.3 Å². The Labute approximate surface area is 90.3 Å². The number of nitriles is 1. The Kier molecular flexibility index (Phi) is 3.00. The van der Waals surface area contributed by atoms with Gasteiger partial charge in [-0.3, -0.25) is 4.90 Å². The van der Waals surface area contributed by atoms with Crippen LogP contribution in [0.1, 0.15) is 11.6 Å². The molecule has 1 aliphatic rings. The van der Waals surface area contributed by atoms with E-state index in [4.69, 9.17) is 0 Å². The van der Waals surface area contributed by atoms with Crippen LogP contribution < -0.4 is 5.32 Å². The molecule has 2 rings (SSSR count). The molecule has 1 fully saturated rings. The van der Waals surface area contributed by atoms with Crippen molar-refractivity contribution in [3.63, 3.8) is 0 Å². The highest BCUT2D eigenvalue weighted by atomic mass is 15.2. The van der Waals surface area contributed by atoms with E-state index >= 15 is 0 Å². The van der Waals surface area contributed by atoms with E-state index < -0.39 is 0 Å². The maximum atomic E-state index is 9.21. The minimum atomic E-state index is -0.127. The Morgan fingerprint density at radius 1 is 1.40 bits per heavy atom. The van der Waals surface area contributed by atoms with Gasteiger partial charge >= 0.3 is 0 Å². The standard InChI is InChI=1S/C12H15N3/c1-15(11-8-14-9-11)12(7-13)10-5-3-2-4-6-10/h2-6,11-12,14H,8-9H2,1H3. The quantitative estimate of drug-likeness (QED) is 0.797. The minimum Gasteiger partial charge on any atom is -0.314 e. The number of nitrogens with zero attached hydrogens (tertiary/aromatic N) is 2. The van der Waals surface area contributed by atoms with E-state index in [0.717, 1.165) is 18.7 Å². The highest BCUT2D eigenvalue weighted by Gasteiger charge is 2.27. The summed E-state index contributed by atoms with van der Waals surface area (Å²) in [7, 11) is 2.02. The molecule has 0 spiro atoms. The second-order valence-corrected chi connectivity index (χ2v) is 3.92. The number of hydrogen-bond acceptors (Lipinski definition) is 3. The summed E-state index contributed by atoms with van der Waals surface area (Å²) in [5, 5.41) is 12.4. The zero-order valence-corrected chi connectivity index (χ0v) is 8.85. The molecule has 0 aliphatic carbocycles. The normalized spacial score (nSPS) is 18.2. The van der Waals surface area contributed by atoms with E-state index in [1.807, 2.05) is 37.4 Å². The molecule has 1 aromatic carbocycles. The Morgan fingerprint density at radius 3 is 2.53 bits per heavy atom. The van der Waals surface area contributed by atoms with Crippen LogP contribution in [0.15, 0.2) is 30.3 Å². The second kappa shape index (κ2) is 4.43. The first-order valence-corrected chi connectivity index (χ1v) is 5.20. The molecule has 3 nitrogen and oxygen atoms in total. The first kappa shape index (κ1) is 10.2. The molecule has 1 heterocycles. The fourth-order valence-corrected chi connectivity index (χ4v) is 1.81. The monoisotopic (exact) mass is 201 g/mol. The van der Waals surface area contributed by atoms with Gasteiger partial charge in [0, 0.05) is 19.1 Å². The number of likely N-dealkylation sites (N-methyl/N-ethyl adjacent to an activating group) is 1. The van der Waals surface area contributed by atoms with Crippen LogP contribution in [0.4, 0.5) is 0 Å². The average Bonchev–Trinajstić information content (AvgIpc) is 2.18. The Balaban J connectivity index is 2.14. The molecule has 0 aromatic heterocycles. The van der Waals surface area contributed by atoms with Gasteiger partial charge in [-0.2, -0.15) is 5.26 Å². The summed E-state index contributed by atoms with van der Waals surface area (Å²) in [6.45, 7) is 1.98. The van der Waals surface area contributed by atoms with Crippen molar-refractivity contribution in [3.8, 4) is 6.07 Å². The van der Waals surface area contributed by atoms with Crippen LogP contribution in [0.2, 0.25) is 0 Å². The molecule has 0 amide bonds. The van der Waals surface area contributed by atoms with E-state index in [0.29, 0.717) is 6.04 Å². The van der Waals surface area contributed by atoms with E-state index in [9.17, 15) is 5.26 Å². The van der Waals surface area contributed by atoms with E-state index in [2.05, 4.69) is 16.3 Å². The van der Waals surface area contributed by atoms with E-state index in [1.54, 1.807) is 0 Å². The molecule has 1 unspecified atom stereocenters. The fraction of sp³-hybridized carbons (Fsp3) is 0.417. The average molecular weight is 201 g/mol. The molecule has 0 bridgehead atoms. The lowest BCUT2D eigenvalue weighted by Crippen LogP contribution is -2.56. The van der Waals surface area contributed by atoms with Gasteiger partial charge in [0.05, 0.1) is 6.07 Å². The SMILES string of the molecule is CN(C1CNC1)C(C#N)c1ccccc1. The van der Waals surface area contributed by atoms with Crippen molar-refractivity contribution in [2.45, 2.75) is 12.1 Å². The summed E-state index contributed by atoms with van der Waals surface area (Å²) in [5.74, 6) is 0. The second-order valence-electron chi connectivity index (χ2n) is 3.92. The molecule has 1 saturated heterocycles. The van der Waals surface area contributed by atoms with Crippen molar-refractivity contribution in [3.05, 3.63) is 35.9 Å². The first-order valence-electron chi connectivity index (χ1n) is 5.20. The lowest BCUT2D eigenvalue weighted by atomic mass is 10.0. The first-order chi connectivity index (χ1) is 7.33. The van der Waals surface area contributed by atoms with Crippen LogP contribution in [0.3, 0.4) is 0 Å². The Hall–Kier alpha value is -1.37. The van der Waals surface area contributed by atoms with Crippen molar-refractivity contribution in [1.29, 1.82) is 5.26 Å². The number of hydrogen-bond donors (Lipinski definition) is 1. The zero-order chi connectivity index (χ0) is 10.7. The summed E-state index contributed by atoms with van der Waals surface area (Å²) >= 11 is 0. The molecule has 1 aliphatic heterocycles. The molecule has 0 saturated carbocycles. The van der Waals surface area contributed by atoms with Gasteiger partial charge in [-0.25, -0.2) is 0 Å². The maximum Gasteiger partial charge on any atom is 0.123 e. The molecular weight excluding hydrogens is 186 g/mol. The molecule has 15 heavy (non-hydrogen) atoms. The third-order valence-corrected chi connectivity index (χ3v) is 2.98. The van der Waals surface area contributed by atoms with Crippen molar-refractivity contribution in [2.24, 2.45) is 0 Å². The molecule has 1 N–H and O–H groups in total. The molecule has 1 atom stereocenters. The van der Waals surface area contributed by atoms with Gasteiger partial charge in [-0.1, -0.05) is 30.3 Å². The van der Waals surface area contributed by atoms with Crippen LogP contribution in [0.25, 0.3) is 0 Å². The lowest BCUT2D eigenvalue weighted by Gasteiger charge is -2.38. The largest absolute Gasteiger partial charge is 0.314 e. The van der Waals surface area contributed by atoms with Crippen molar-refractivity contribution in [2.75, 3.05) is 20.1 Å². The van der Waals surface area contributed by atoms with Crippen LogP contribution >= 0.6 is 0 Å². The number of nitrogens with one attached hydrogen (secondary N) is 1. The number of benzene rings is 1. The minimum absolute atomic E-state index is 0.127. The predicted octanol–water partition coefficient (Wildman–Crippen LogP) is 1.15. The molecule has 1 aromatic rings. The lowest BCUT2D eigenvalue weighted by molar-refractivity contribution is 0.153. The smallest absolute Gasteiger partial charge is 0.123 e. The van der Waals surface area contributed by atoms with Gasteiger partial charge in [0.1, 0.15) is 6.04 Å². The van der Waals surface area contributed by atoms with Gasteiger partial charge in [0.25, 0.3) is 0 Å². The predicted molar refractivity (Wildman–Crippen MR) is 59.2 cm³/mol. The molecule has 3 heteroatoms. The van der Waals surface area contributed by atoms with E-state index in [-0.39, 0.29) is 6.04 Å². The van der Waals surface area contributed by atoms with Crippen LogP contribution in [-0.2, 0) is 0 Å². The van der Waals surface area contributed by atoms with Crippen LogP contribution in [-0.4, -0.2) is 31.1 Å².